The highest BCUT2D eigenvalue weighted by molar-refractivity contribution is 7.92. The summed E-state index contributed by atoms with van der Waals surface area (Å²) in [6.45, 7) is 3.47. The predicted molar refractivity (Wildman–Crippen MR) is 86.5 cm³/mol. The highest BCUT2D eigenvalue weighted by atomic mass is 32.2. The Morgan fingerprint density at radius 1 is 1.30 bits per heavy atom. The van der Waals surface area contributed by atoms with Crippen molar-refractivity contribution in [3.63, 3.8) is 0 Å². The summed E-state index contributed by atoms with van der Waals surface area (Å²) in [5.74, 6) is -0.270. The van der Waals surface area contributed by atoms with Crippen LogP contribution in [0.25, 0.3) is 0 Å². The van der Waals surface area contributed by atoms with Crippen LogP contribution in [0.5, 0.6) is 0 Å². The quantitative estimate of drug-likeness (QED) is 0.830. The van der Waals surface area contributed by atoms with Crippen LogP contribution in [0.4, 0.5) is 0 Å². The molecule has 0 bridgehead atoms. The van der Waals surface area contributed by atoms with E-state index >= 15 is 0 Å². The zero-order chi connectivity index (χ0) is 16.9. The van der Waals surface area contributed by atoms with Gasteiger partial charge in [-0.1, -0.05) is 35.5 Å². The van der Waals surface area contributed by atoms with Gasteiger partial charge in [0.25, 0.3) is 0 Å². The lowest BCUT2D eigenvalue weighted by Gasteiger charge is -2.12. The molecule has 1 atom stereocenters. The number of aryl methyl sites for hydroxylation is 1. The van der Waals surface area contributed by atoms with Crippen LogP contribution in [-0.4, -0.2) is 31.3 Å². The summed E-state index contributed by atoms with van der Waals surface area (Å²) in [7, 11) is -3.63. The summed E-state index contributed by atoms with van der Waals surface area (Å²) in [5.41, 5.74) is 1.40. The maximum absolute atomic E-state index is 12.2. The number of carbonyl (C=O) groups is 1. The minimum Gasteiger partial charge on any atom is -0.361 e. The number of sulfone groups is 1. The third-order valence-electron chi connectivity index (χ3n) is 3.49. The van der Waals surface area contributed by atoms with Crippen LogP contribution < -0.4 is 5.32 Å². The molecule has 1 aromatic heterocycles. The van der Waals surface area contributed by atoms with E-state index in [1.54, 1.807) is 13.0 Å². The van der Waals surface area contributed by atoms with Gasteiger partial charge in [0.15, 0.2) is 9.84 Å². The highest BCUT2D eigenvalue weighted by Crippen LogP contribution is 2.12. The van der Waals surface area contributed by atoms with E-state index in [2.05, 4.69) is 10.5 Å². The van der Waals surface area contributed by atoms with Gasteiger partial charge in [0.2, 0.25) is 5.91 Å². The molecule has 0 saturated carbocycles. The van der Waals surface area contributed by atoms with Gasteiger partial charge in [-0.3, -0.25) is 4.79 Å². The predicted octanol–water partition coefficient (Wildman–Crippen LogP) is 1.65. The van der Waals surface area contributed by atoms with E-state index in [-0.39, 0.29) is 5.75 Å². The lowest BCUT2D eigenvalue weighted by Crippen LogP contribution is -2.39. The molecule has 1 unspecified atom stereocenters. The van der Waals surface area contributed by atoms with Crippen LogP contribution >= 0.6 is 0 Å². The zero-order valence-corrected chi connectivity index (χ0v) is 14.0. The molecular formula is C16H20N2O4S. The molecule has 1 N–H and O–H groups in total. The summed E-state index contributed by atoms with van der Waals surface area (Å²) >= 11 is 0. The Kier molecular flexibility index (Phi) is 5.54. The first-order chi connectivity index (χ1) is 10.9. The molecule has 7 heteroatoms. The lowest BCUT2D eigenvalue weighted by molar-refractivity contribution is -0.120. The second-order valence-corrected chi connectivity index (χ2v) is 7.73. The van der Waals surface area contributed by atoms with Crippen molar-refractivity contribution in [1.29, 1.82) is 0 Å². The number of nitrogens with zero attached hydrogens (tertiary/aromatic N) is 1. The van der Waals surface area contributed by atoms with E-state index in [0.29, 0.717) is 24.4 Å². The number of aromatic nitrogens is 1. The Morgan fingerprint density at radius 3 is 2.61 bits per heavy atom. The zero-order valence-electron chi connectivity index (χ0n) is 13.2. The summed E-state index contributed by atoms with van der Waals surface area (Å²) in [5, 5.41) is 5.20. The van der Waals surface area contributed by atoms with E-state index in [0.717, 1.165) is 5.56 Å². The molecule has 124 valence electrons. The summed E-state index contributed by atoms with van der Waals surface area (Å²) < 4.78 is 29.3. The van der Waals surface area contributed by atoms with Crippen LogP contribution in [0.1, 0.15) is 23.9 Å². The van der Waals surface area contributed by atoms with E-state index in [1.807, 2.05) is 30.3 Å². The molecule has 0 fully saturated rings. The fourth-order valence-corrected chi connectivity index (χ4v) is 3.31. The molecule has 1 heterocycles. The van der Waals surface area contributed by atoms with E-state index in [4.69, 9.17) is 4.52 Å². The fraction of sp³-hybridized carbons (Fsp3) is 0.375. The number of rotatable bonds is 7. The van der Waals surface area contributed by atoms with Crippen LogP contribution in [0.3, 0.4) is 0 Å². The van der Waals surface area contributed by atoms with Crippen molar-refractivity contribution in [1.82, 2.24) is 10.5 Å². The number of amides is 1. The van der Waals surface area contributed by atoms with Gasteiger partial charge in [-0.25, -0.2) is 8.42 Å². The van der Waals surface area contributed by atoms with Crippen molar-refractivity contribution in [3.05, 3.63) is 53.4 Å². The Balaban J connectivity index is 1.88. The maximum atomic E-state index is 12.2. The van der Waals surface area contributed by atoms with Gasteiger partial charge in [-0.15, -0.1) is 0 Å². The van der Waals surface area contributed by atoms with Crippen molar-refractivity contribution in [2.45, 2.75) is 31.3 Å². The fourth-order valence-electron chi connectivity index (χ4n) is 2.10. The number of carbonyl (C=O) groups excluding carboxylic acids is 1. The lowest BCUT2D eigenvalue weighted by atomic mass is 10.1. The average Bonchev–Trinajstić information content (AvgIpc) is 2.91. The van der Waals surface area contributed by atoms with Crippen molar-refractivity contribution < 1.29 is 17.7 Å². The minimum absolute atomic E-state index is 0.308. The Morgan fingerprint density at radius 2 is 2.00 bits per heavy atom. The SMILES string of the molecule is Cc1cc(CS(=O)(=O)C(C)C(=O)NCCc2ccccc2)no1. The molecule has 1 amide bonds. The normalized spacial score (nSPS) is 12.8. The molecule has 0 aliphatic rings. The molecule has 0 radical (unpaired) electrons. The smallest absolute Gasteiger partial charge is 0.238 e. The molecule has 6 nitrogen and oxygen atoms in total. The average molecular weight is 336 g/mol. The number of benzene rings is 1. The van der Waals surface area contributed by atoms with E-state index in [9.17, 15) is 13.2 Å². The van der Waals surface area contributed by atoms with Crippen LogP contribution in [0.15, 0.2) is 40.9 Å². The molecule has 23 heavy (non-hydrogen) atoms. The molecular weight excluding hydrogens is 316 g/mol. The first kappa shape index (κ1) is 17.2. The number of nitrogens with one attached hydrogen (secondary N) is 1. The van der Waals surface area contributed by atoms with Crippen LogP contribution in [0.2, 0.25) is 0 Å². The summed E-state index contributed by atoms with van der Waals surface area (Å²) in [4.78, 5) is 12.0. The van der Waals surface area contributed by atoms with Gasteiger partial charge in [0, 0.05) is 12.6 Å². The standard InChI is InChI=1S/C16H20N2O4S/c1-12-10-15(18-22-12)11-23(20,21)13(2)16(19)17-9-8-14-6-4-3-5-7-14/h3-7,10,13H,8-9,11H2,1-2H3,(H,17,19). The first-order valence-electron chi connectivity index (χ1n) is 7.34. The van der Waals surface area contributed by atoms with Crippen molar-refractivity contribution in [2.24, 2.45) is 0 Å². The number of hydrogen-bond acceptors (Lipinski definition) is 5. The van der Waals surface area contributed by atoms with Crippen molar-refractivity contribution in [2.75, 3.05) is 6.54 Å². The topological polar surface area (TPSA) is 89.3 Å². The summed E-state index contributed by atoms with van der Waals surface area (Å²) in [6, 6.07) is 11.2. The summed E-state index contributed by atoms with van der Waals surface area (Å²) in [6.07, 6.45) is 0.655. The molecule has 0 spiro atoms. The molecule has 0 saturated heterocycles. The Bertz CT molecular complexity index is 753. The Labute approximate surface area is 135 Å². The highest BCUT2D eigenvalue weighted by Gasteiger charge is 2.28. The molecule has 2 aromatic rings. The maximum Gasteiger partial charge on any atom is 0.238 e. The van der Waals surface area contributed by atoms with Crippen molar-refractivity contribution >= 4 is 15.7 Å². The number of hydrogen-bond donors (Lipinski definition) is 1. The largest absolute Gasteiger partial charge is 0.361 e. The van der Waals surface area contributed by atoms with Crippen LogP contribution in [-0.2, 0) is 26.8 Å². The van der Waals surface area contributed by atoms with Gasteiger partial charge >= 0.3 is 0 Å². The minimum atomic E-state index is -3.63. The van der Waals surface area contributed by atoms with Gasteiger partial charge in [-0.05, 0) is 25.8 Å². The van der Waals surface area contributed by atoms with E-state index in [1.165, 1.54) is 6.92 Å². The second kappa shape index (κ2) is 7.41. The van der Waals surface area contributed by atoms with E-state index < -0.39 is 21.0 Å². The van der Waals surface area contributed by atoms with Gasteiger partial charge in [0.05, 0.1) is 11.4 Å². The van der Waals surface area contributed by atoms with Crippen LogP contribution in [0, 0.1) is 6.92 Å². The Hall–Kier alpha value is -2.15. The van der Waals surface area contributed by atoms with Gasteiger partial charge in [0.1, 0.15) is 11.0 Å². The third kappa shape index (κ3) is 4.92. The molecule has 1 aromatic carbocycles. The molecule has 2 rings (SSSR count). The second-order valence-electron chi connectivity index (χ2n) is 5.40. The van der Waals surface area contributed by atoms with Gasteiger partial charge < -0.3 is 9.84 Å². The van der Waals surface area contributed by atoms with Crippen molar-refractivity contribution in [3.8, 4) is 0 Å². The van der Waals surface area contributed by atoms with Gasteiger partial charge in [-0.2, -0.15) is 0 Å². The monoisotopic (exact) mass is 336 g/mol. The molecule has 0 aliphatic carbocycles. The molecule has 0 aliphatic heterocycles. The first-order valence-corrected chi connectivity index (χ1v) is 9.05. The third-order valence-corrected chi connectivity index (χ3v) is 5.48.